The molecule has 0 aliphatic carbocycles. The lowest BCUT2D eigenvalue weighted by atomic mass is 10.1. The lowest BCUT2D eigenvalue weighted by Crippen LogP contribution is -2.07. The number of halogens is 1. The van der Waals surface area contributed by atoms with E-state index in [9.17, 15) is 4.79 Å². The number of benzene rings is 2. The van der Waals surface area contributed by atoms with E-state index in [1.165, 1.54) is 0 Å². The summed E-state index contributed by atoms with van der Waals surface area (Å²) in [5.41, 5.74) is 2.17. The summed E-state index contributed by atoms with van der Waals surface area (Å²) in [5, 5.41) is 11.1. The Balaban J connectivity index is 1.84. The minimum atomic E-state index is -0.535. The Bertz CT molecular complexity index is 941. The van der Waals surface area contributed by atoms with E-state index in [0.29, 0.717) is 41.0 Å². The minimum absolute atomic E-state index is 0.124. The monoisotopic (exact) mass is 401 g/mol. The molecule has 3 rings (SSSR count). The van der Waals surface area contributed by atoms with Crippen LogP contribution in [0.1, 0.15) is 29.9 Å². The molecule has 1 heterocycles. The molecule has 0 saturated heterocycles. The molecule has 1 N–H and O–H groups in total. The van der Waals surface area contributed by atoms with Crippen molar-refractivity contribution in [3.8, 4) is 22.8 Å². The summed E-state index contributed by atoms with van der Waals surface area (Å²) >= 11 is 5.91. The zero-order valence-electron chi connectivity index (χ0n) is 15.6. The normalized spacial score (nSPS) is 10.5. The van der Waals surface area contributed by atoms with Crippen LogP contribution in [0.15, 0.2) is 42.5 Å². The van der Waals surface area contributed by atoms with Crippen LogP contribution in [0.25, 0.3) is 11.3 Å². The first kappa shape index (κ1) is 19.7. The maximum Gasteiger partial charge on any atom is 0.361 e. The molecule has 28 heavy (non-hydrogen) atoms. The highest BCUT2D eigenvalue weighted by Gasteiger charge is 2.20. The van der Waals surface area contributed by atoms with Gasteiger partial charge in [-0.1, -0.05) is 23.7 Å². The lowest BCUT2D eigenvalue weighted by Gasteiger charge is -2.13. The predicted molar refractivity (Wildman–Crippen MR) is 105 cm³/mol. The molecule has 1 aromatic heterocycles. The Morgan fingerprint density at radius 3 is 2.50 bits per heavy atom. The molecule has 0 unspecified atom stereocenters. The fourth-order valence-corrected chi connectivity index (χ4v) is 2.68. The summed E-state index contributed by atoms with van der Waals surface area (Å²) in [6, 6.07) is 12.8. The van der Waals surface area contributed by atoms with Crippen LogP contribution in [-0.4, -0.2) is 34.6 Å². The Hall–Kier alpha value is -3.06. The van der Waals surface area contributed by atoms with Crippen molar-refractivity contribution >= 4 is 17.6 Å². The maximum absolute atomic E-state index is 12.1. The number of nitrogens with one attached hydrogen (secondary N) is 1. The van der Waals surface area contributed by atoms with Gasteiger partial charge in [0, 0.05) is 10.6 Å². The van der Waals surface area contributed by atoms with Crippen LogP contribution >= 0.6 is 11.6 Å². The molecule has 0 bridgehead atoms. The van der Waals surface area contributed by atoms with Crippen molar-refractivity contribution < 1.29 is 19.0 Å². The van der Waals surface area contributed by atoms with E-state index >= 15 is 0 Å². The van der Waals surface area contributed by atoms with Crippen LogP contribution in [0.5, 0.6) is 11.5 Å². The van der Waals surface area contributed by atoms with Crippen molar-refractivity contribution in [1.29, 1.82) is 0 Å². The second-order valence-electron chi connectivity index (χ2n) is 5.75. The quantitative estimate of drug-likeness (QED) is 0.567. The molecule has 0 aliphatic rings. The van der Waals surface area contributed by atoms with E-state index in [-0.39, 0.29) is 12.3 Å². The van der Waals surface area contributed by atoms with Crippen molar-refractivity contribution in [3.05, 3.63) is 58.7 Å². The topological polar surface area (TPSA) is 86.3 Å². The minimum Gasteiger partial charge on any atom is -0.490 e. The Labute approximate surface area is 167 Å². The number of carbonyl (C=O) groups excluding carboxylic acids is 1. The largest absolute Gasteiger partial charge is 0.490 e. The third kappa shape index (κ3) is 4.61. The number of carbonyl (C=O) groups is 1. The van der Waals surface area contributed by atoms with Gasteiger partial charge in [0.1, 0.15) is 12.3 Å². The molecule has 7 nitrogen and oxygen atoms in total. The molecule has 0 radical (unpaired) electrons. The molecular weight excluding hydrogens is 382 g/mol. The van der Waals surface area contributed by atoms with Crippen LogP contribution < -0.4 is 9.47 Å². The molecule has 0 atom stereocenters. The van der Waals surface area contributed by atoms with Crippen molar-refractivity contribution in [2.75, 3.05) is 13.2 Å². The number of hydrogen-bond donors (Lipinski definition) is 1. The van der Waals surface area contributed by atoms with Crippen molar-refractivity contribution in [3.63, 3.8) is 0 Å². The molecule has 0 saturated carbocycles. The van der Waals surface area contributed by atoms with Gasteiger partial charge in [0.2, 0.25) is 0 Å². The zero-order chi connectivity index (χ0) is 19.9. The lowest BCUT2D eigenvalue weighted by molar-refractivity contribution is 0.0520. The summed E-state index contributed by atoms with van der Waals surface area (Å²) in [4.78, 5) is 12.1. The summed E-state index contributed by atoms with van der Waals surface area (Å²) < 4.78 is 16.6. The highest BCUT2D eigenvalue weighted by Crippen LogP contribution is 2.33. The molecule has 0 spiro atoms. The van der Waals surface area contributed by atoms with Crippen molar-refractivity contribution in [2.45, 2.75) is 20.5 Å². The summed E-state index contributed by atoms with van der Waals surface area (Å²) in [6.07, 6.45) is 0. The third-order valence-corrected chi connectivity index (χ3v) is 4.09. The van der Waals surface area contributed by atoms with Gasteiger partial charge in [-0.05, 0) is 49.7 Å². The zero-order valence-corrected chi connectivity index (χ0v) is 16.3. The molecule has 2 aromatic carbocycles. The molecule has 8 heteroatoms. The number of aromatic nitrogens is 3. The second-order valence-corrected chi connectivity index (χ2v) is 6.19. The number of nitrogens with zero attached hydrogens (tertiary/aromatic N) is 2. The number of H-pyrrole nitrogens is 1. The highest BCUT2D eigenvalue weighted by atomic mass is 35.5. The smallest absolute Gasteiger partial charge is 0.361 e. The molecule has 0 amide bonds. The van der Waals surface area contributed by atoms with Gasteiger partial charge in [-0.3, -0.25) is 0 Å². The molecule has 3 aromatic rings. The van der Waals surface area contributed by atoms with Gasteiger partial charge < -0.3 is 14.2 Å². The van der Waals surface area contributed by atoms with Crippen molar-refractivity contribution in [1.82, 2.24) is 15.4 Å². The van der Waals surface area contributed by atoms with E-state index in [4.69, 9.17) is 25.8 Å². The fourth-order valence-electron chi connectivity index (χ4n) is 2.56. The number of ether oxygens (including phenoxy) is 3. The van der Waals surface area contributed by atoms with Gasteiger partial charge in [0.05, 0.1) is 13.2 Å². The van der Waals surface area contributed by atoms with Crippen LogP contribution in [0.3, 0.4) is 0 Å². The standard InChI is InChI=1S/C20H20ClN3O4/c1-3-26-17-11-14(18-19(23-24-22-18)20(25)27-4-2)7-10-16(17)28-12-13-5-8-15(21)9-6-13/h5-11H,3-4,12H2,1-2H3,(H,22,23,24). The van der Waals surface area contributed by atoms with E-state index in [1.54, 1.807) is 25.1 Å². The number of hydrogen-bond acceptors (Lipinski definition) is 6. The maximum atomic E-state index is 12.1. The van der Waals surface area contributed by atoms with E-state index in [0.717, 1.165) is 5.56 Å². The Morgan fingerprint density at radius 2 is 1.79 bits per heavy atom. The van der Waals surface area contributed by atoms with Gasteiger partial charge in [0.15, 0.2) is 17.2 Å². The molecule has 0 aliphatic heterocycles. The SMILES string of the molecule is CCOC(=O)c1n[nH]nc1-c1ccc(OCc2ccc(Cl)cc2)c(OCC)c1. The molecule has 146 valence electrons. The van der Waals surface area contributed by atoms with Gasteiger partial charge in [-0.2, -0.15) is 10.3 Å². The average Bonchev–Trinajstić information content (AvgIpc) is 3.19. The number of aromatic amines is 1. The van der Waals surface area contributed by atoms with Crippen LogP contribution in [0.4, 0.5) is 0 Å². The number of rotatable bonds is 8. The highest BCUT2D eigenvalue weighted by molar-refractivity contribution is 6.30. The van der Waals surface area contributed by atoms with Gasteiger partial charge in [0.25, 0.3) is 0 Å². The Morgan fingerprint density at radius 1 is 1.00 bits per heavy atom. The van der Waals surface area contributed by atoms with Gasteiger partial charge in [-0.25, -0.2) is 4.79 Å². The number of esters is 1. The van der Waals surface area contributed by atoms with Crippen LogP contribution in [-0.2, 0) is 11.3 Å². The second kappa shape index (κ2) is 9.23. The van der Waals surface area contributed by atoms with E-state index in [1.807, 2.05) is 31.2 Å². The first-order chi connectivity index (χ1) is 13.6. The van der Waals surface area contributed by atoms with E-state index in [2.05, 4.69) is 15.4 Å². The summed E-state index contributed by atoms with van der Waals surface area (Å²) in [6.45, 7) is 4.71. The first-order valence-electron chi connectivity index (χ1n) is 8.84. The average molecular weight is 402 g/mol. The summed E-state index contributed by atoms with van der Waals surface area (Å²) in [5.74, 6) is 0.598. The van der Waals surface area contributed by atoms with Gasteiger partial charge in [-0.15, -0.1) is 5.10 Å². The molecular formula is C20H20ClN3O4. The van der Waals surface area contributed by atoms with Crippen LogP contribution in [0.2, 0.25) is 5.02 Å². The molecule has 0 fully saturated rings. The predicted octanol–water partition coefficient (Wildman–Crippen LogP) is 4.28. The van der Waals surface area contributed by atoms with E-state index < -0.39 is 5.97 Å². The Kier molecular flexibility index (Phi) is 6.49. The summed E-state index contributed by atoms with van der Waals surface area (Å²) in [7, 11) is 0. The van der Waals surface area contributed by atoms with Crippen molar-refractivity contribution in [2.24, 2.45) is 0 Å². The third-order valence-electron chi connectivity index (χ3n) is 3.84. The van der Waals surface area contributed by atoms with Gasteiger partial charge >= 0.3 is 5.97 Å². The fraction of sp³-hybridized carbons (Fsp3) is 0.250. The first-order valence-corrected chi connectivity index (χ1v) is 9.22. The van der Waals surface area contributed by atoms with Crippen LogP contribution in [0, 0.1) is 0 Å².